The van der Waals surface area contributed by atoms with Crippen LogP contribution in [0.25, 0.3) is 22.4 Å². The molecule has 0 aliphatic rings. The summed E-state index contributed by atoms with van der Waals surface area (Å²) in [6, 6.07) is 8.28. The summed E-state index contributed by atoms with van der Waals surface area (Å²) in [5.74, 6) is -0.241. The van der Waals surface area contributed by atoms with Gasteiger partial charge < -0.3 is 19.0 Å². The van der Waals surface area contributed by atoms with Gasteiger partial charge in [0.05, 0.1) is 23.3 Å². The maximum Gasteiger partial charge on any atom is 0.406 e. The number of carbonyl (C=O) groups excluding carboxylic acids is 1. The molecular weight excluding hydrogens is 503 g/mol. The van der Waals surface area contributed by atoms with Crippen molar-refractivity contribution in [3.63, 3.8) is 0 Å². The summed E-state index contributed by atoms with van der Waals surface area (Å²) in [5.41, 5.74) is 0.862. The van der Waals surface area contributed by atoms with Crippen molar-refractivity contribution in [2.24, 2.45) is 0 Å². The van der Waals surface area contributed by atoms with Crippen LogP contribution in [0.5, 0.6) is 0 Å². The van der Waals surface area contributed by atoms with Crippen molar-refractivity contribution in [1.29, 1.82) is 0 Å². The van der Waals surface area contributed by atoms with E-state index in [0.29, 0.717) is 20.9 Å². The second-order valence-corrected chi connectivity index (χ2v) is 9.43. The number of hydrogen-bond donors (Lipinski definition) is 1. The highest BCUT2D eigenvalue weighted by Gasteiger charge is 2.31. The summed E-state index contributed by atoms with van der Waals surface area (Å²) in [4.78, 5) is 16.7. The lowest BCUT2D eigenvalue weighted by molar-refractivity contribution is -0.139. The molecule has 4 rings (SSSR count). The first-order chi connectivity index (χ1) is 15.4. The van der Waals surface area contributed by atoms with Crippen LogP contribution < -0.4 is 5.32 Å². The molecule has 7 nitrogen and oxygen atoms in total. The number of nitrogens with one attached hydrogen (secondary N) is 1. The predicted molar refractivity (Wildman–Crippen MR) is 120 cm³/mol. The number of alkyl halides is 3. The van der Waals surface area contributed by atoms with Crippen molar-refractivity contribution in [3.05, 3.63) is 58.7 Å². The molecule has 33 heavy (non-hydrogen) atoms. The van der Waals surface area contributed by atoms with Crippen LogP contribution in [0.2, 0.25) is 0 Å². The van der Waals surface area contributed by atoms with Gasteiger partial charge in [0, 0.05) is 27.8 Å². The third-order valence-electron chi connectivity index (χ3n) is 5.06. The topological polar surface area (TPSA) is 77.9 Å². The summed E-state index contributed by atoms with van der Waals surface area (Å²) in [7, 11) is 0. The van der Waals surface area contributed by atoms with Crippen LogP contribution in [-0.4, -0.2) is 31.4 Å². The average molecular weight is 524 g/mol. The highest BCUT2D eigenvalue weighted by molar-refractivity contribution is 9.10. The van der Waals surface area contributed by atoms with Crippen molar-refractivity contribution < 1.29 is 22.5 Å². The number of halogens is 4. The molecule has 0 fully saturated rings. The van der Waals surface area contributed by atoms with Gasteiger partial charge in [-0.3, -0.25) is 4.79 Å². The molecule has 1 amide bonds. The Labute approximate surface area is 195 Å². The Morgan fingerprint density at radius 2 is 1.97 bits per heavy atom. The Hall–Kier alpha value is -3.08. The van der Waals surface area contributed by atoms with E-state index in [1.54, 1.807) is 36.5 Å². The highest BCUT2D eigenvalue weighted by atomic mass is 79.9. The van der Waals surface area contributed by atoms with E-state index in [4.69, 9.17) is 4.52 Å². The van der Waals surface area contributed by atoms with Gasteiger partial charge in [-0.05, 0) is 45.0 Å². The molecule has 0 unspecified atom stereocenters. The Morgan fingerprint density at radius 1 is 1.21 bits per heavy atom. The molecule has 1 N–H and O–H groups in total. The lowest BCUT2D eigenvalue weighted by Gasteiger charge is -2.20. The summed E-state index contributed by atoms with van der Waals surface area (Å²) >= 11 is 3.37. The monoisotopic (exact) mass is 523 g/mol. The molecule has 0 radical (unpaired) electrons. The Morgan fingerprint density at radius 3 is 2.64 bits per heavy atom. The number of rotatable bonds is 5. The standard InChI is InChI=1S/C22H21BrF3N5O2/c1-21(2,3)30-8-7-13(11-30)20(32)27-10-18-28-19(29-33-18)17-9-14-15(23)5-4-6-16(14)31(17)12-22(24,25)26/h4-9,11H,10,12H2,1-3H3,(H,27,32). The van der Waals surface area contributed by atoms with Crippen LogP contribution in [0.1, 0.15) is 37.0 Å². The van der Waals surface area contributed by atoms with Crippen molar-refractivity contribution in [2.45, 2.75) is 45.6 Å². The fourth-order valence-corrected chi connectivity index (χ4v) is 3.89. The summed E-state index contributed by atoms with van der Waals surface area (Å²) in [6.45, 7) is 4.80. The smallest absolute Gasteiger partial charge is 0.348 e. The van der Waals surface area contributed by atoms with Crippen molar-refractivity contribution in [1.82, 2.24) is 24.6 Å². The van der Waals surface area contributed by atoms with Gasteiger partial charge in [-0.15, -0.1) is 0 Å². The van der Waals surface area contributed by atoms with Gasteiger partial charge in [0.25, 0.3) is 5.91 Å². The summed E-state index contributed by atoms with van der Waals surface area (Å²) < 4.78 is 48.6. The maximum absolute atomic E-state index is 13.2. The first kappa shape index (κ1) is 23.1. The van der Waals surface area contributed by atoms with E-state index in [1.807, 2.05) is 31.5 Å². The molecule has 0 saturated heterocycles. The van der Waals surface area contributed by atoms with E-state index in [1.165, 1.54) is 0 Å². The van der Waals surface area contributed by atoms with Crippen molar-refractivity contribution in [3.8, 4) is 11.5 Å². The molecule has 11 heteroatoms. The third-order valence-corrected chi connectivity index (χ3v) is 5.75. The minimum Gasteiger partial charge on any atom is -0.348 e. The van der Waals surface area contributed by atoms with Crippen LogP contribution >= 0.6 is 15.9 Å². The molecule has 0 bridgehead atoms. The first-order valence-corrected chi connectivity index (χ1v) is 10.9. The fraction of sp³-hybridized carbons (Fsp3) is 0.318. The number of aromatic nitrogens is 4. The molecule has 0 saturated carbocycles. The molecule has 0 atom stereocenters. The molecule has 3 heterocycles. The molecule has 1 aromatic carbocycles. The zero-order valence-corrected chi connectivity index (χ0v) is 19.7. The van der Waals surface area contributed by atoms with Crippen LogP contribution in [0.3, 0.4) is 0 Å². The van der Waals surface area contributed by atoms with Gasteiger partial charge in [0.1, 0.15) is 6.54 Å². The molecule has 0 aliphatic heterocycles. The Bertz CT molecular complexity index is 1310. The zero-order valence-electron chi connectivity index (χ0n) is 18.1. The van der Waals surface area contributed by atoms with Gasteiger partial charge in [0.15, 0.2) is 0 Å². The van der Waals surface area contributed by atoms with Gasteiger partial charge >= 0.3 is 6.18 Å². The number of fused-ring (bicyclic) bond motifs is 1. The second-order valence-electron chi connectivity index (χ2n) is 8.58. The Balaban J connectivity index is 1.56. The van der Waals surface area contributed by atoms with Crippen LogP contribution in [0.15, 0.2) is 51.7 Å². The minimum absolute atomic E-state index is 0.00508. The van der Waals surface area contributed by atoms with Crippen LogP contribution in [0, 0.1) is 0 Å². The summed E-state index contributed by atoms with van der Waals surface area (Å²) in [6.07, 6.45) is -0.883. The maximum atomic E-state index is 13.2. The number of carbonyl (C=O) groups is 1. The SMILES string of the molecule is CC(C)(C)n1ccc(C(=O)NCc2nc(-c3cc4c(Br)cccc4n3CC(F)(F)F)no2)c1. The zero-order chi connectivity index (χ0) is 24.0. The average Bonchev–Trinajstić information content (AvgIpc) is 3.44. The molecule has 3 aromatic heterocycles. The molecule has 0 spiro atoms. The van der Waals surface area contributed by atoms with Crippen molar-refractivity contribution in [2.75, 3.05) is 0 Å². The van der Waals surface area contributed by atoms with Gasteiger partial charge in [0.2, 0.25) is 11.7 Å². The second kappa shape index (κ2) is 8.36. The number of hydrogen-bond acceptors (Lipinski definition) is 4. The van der Waals surface area contributed by atoms with E-state index >= 15 is 0 Å². The minimum atomic E-state index is -4.44. The number of benzene rings is 1. The summed E-state index contributed by atoms with van der Waals surface area (Å²) in [5, 5.41) is 7.13. The fourth-order valence-electron chi connectivity index (χ4n) is 3.42. The van der Waals surface area contributed by atoms with E-state index in [0.717, 1.165) is 4.57 Å². The van der Waals surface area contributed by atoms with Gasteiger partial charge in [-0.2, -0.15) is 18.2 Å². The molecule has 4 aromatic rings. The van der Waals surface area contributed by atoms with E-state index in [9.17, 15) is 18.0 Å². The Kier molecular flexibility index (Phi) is 5.85. The predicted octanol–water partition coefficient (Wildman–Crippen LogP) is 5.50. The van der Waals surface area contributed by atoms with E-state index in [-0.39, 0.29) is 35.4 Å². The van der Waals surface area contributed by atoms with Gasteiger partial charge in [-0.25, -0.2) is 0 Å². The third kappa shape index (κ3) is 4.97. The molecule has 174 valence electrons. The normalized spacial score (nSPS) is 12.5. The van der Waals surface area contributed by atoms with E-state index < -0.39 is 12.7 Å². The number of amides is 1. The van der Waals surface area contributed by atoms with E-state index in [2.05, 4.69) is 31.4 Å². The molecule has 0 aliphatic carbocycles. The quantitative estimate of drug-likeness (QED) is 0.374. The lowest BCUT2D eigenvalue weighted by Crippen LogP contribution is -2.23. The van der Waals surface area contributed by atoms with Crippen LogP contribution in [-0.2, 0) is 18.6 Å². The first-order valence-electron chi connectivity index (χ1n) is 10.1. The lowest BCUT2D eigenvalue weighted by atomic mass is 10.1. The highest BCUT2D eigenvalue weighted by Crippen LogP contribution is 2.33. The van der Waals surface area contributed by atoms with Gasteiger partial charge in [-0.1, -0.05) is 27.2 Å². The number of nitrogens with zero attached hydrogens (tertiary/aromatic N) is 4. The largest absolute Gasteiger partial charge is 0.406 e. The van der Waals surface area contributed by atoms with Crippen molar-refractivity contribution >= 4 is 32.7 Å². The van der Waals surface area contributed by atoms with Crippen LogP contribution in [0.4, 0.5) is 13.2 Å². The molecular formula is C22H21BrF3N5O2.